The Hall–Kier alpha value is -3.91. The summed E-state index contributed by atoms with van der Waals surface area (Å²) in [7, 11) is 0. The van der Waals surface area contributed by atoms with Crippen molar-refractivity contribution in [1.29, 1.82) is 5.41 Å². The van der Waals surface area contributed by atoms with Crippen LogP contribution in [0.1, 0.15) is 33.6 Å². The summed E-state index contributed by atoms with van der Waals surface area (Å²) in [5.41, 5.74) is 7.69. The van der Waals surface area contributed by atoms with Crippen molar-refractivity contribution < 1.29 is 9.53 Å². The van der Waals surface area contributed by atoms with Gasteiger partial charge in [0, 0.05) is 17.1 Å². The number of amidine groups is 2. The monoisotopic (exact) mass is 497 g/mol. The van der Waals surface area contributed by atoms with E-state index in [4.69, 9.17) is 10.1 Å². The number of amides is 1. The largest absolute Gasteiger partial charge is 0.487 e. The molecule has 2 aromatic carbocycles. The third-order valence-corrected chi connectivity index (χ3v) is 6.96. The van der Waals surface area contributed by atoms with Crippen LogP contribution in [0.3, 0.4) is 0 Å². The number of hydrazone groups is 1. The van der Waals surface area contributed by atoms with Crippen LogP contribution in [-0.4, -0.2) is 38.1 Å². The van der Waals surface area contributed by atoms with E-state index in [1.807, 2.05) is 51.1 Å². The van der Waals surface area contributed by atoms with E-state index in [-0.39, 0.29) is 18.0 Å². The Kier molecular flexibility index (Phi) is 6.14. The molecule has 36 heavy (non-hydrogen) atoms. The topological polar surface area (TPSA) is 83.0 Å². The molecule has 1 amide bonds. The van der Waals surface area contributed by atoms with Gasteiger partial charge in [-0.1, -0.05) is 18.2 Å². The maximum atomic E-state index is 12.9. The van der Waals surface area contributed by atoms with Crippen LogP contribution >= 0.6 is 11.8 Å². The van der Waals surface area contributed by atoms with Crippen molar-refractivity contribution in [3.05, 3.63) is 87.7 Å². The maximum Gasteiger partial charge on any atom is 0.283 e. The second kappa shape index (κ2) is 9.28. The van der Waals surface area contributed by atoms with Crippen LogP contribution in [0.5, 0.6) is 5.75 Å². The number of hydrogen-bond donors (Lipinski definition) is 1. The molecule has 0 radical (unpaired) electrons. The number of carbonyl (C=O) groups excluding carboxylic acids is 1. The Morgan fingerprint density at radius 2 is 1.75 bits per heavy atom. The summed E-state index contributed by atoms with van der Waals surface area (Å²) in [6.07, 6.45) is 1.74. The third-order valence-electron chi connectivity index (χ3n) is 6.08. The number of thioether (sulfide) groups is 1. The number of benzene rings is 2. The zero-order valence-corrected chi connectivity index (χ0v) is 21.7. The lowest BCUT2D eigenvalue weighted by Gasteiger charge is -2.20. The van der Waals surface area contributed by atoms with Gasteiger partial charge >= 0.3 is 0 Å². The summed E-state index contributed by atoms with van der Waals surface area (Å²) in [6.45, 7) is 10.5. The highest BCUT2D eigenvalue weighted by molar-refractivity contribution is 8.27. The number of nitrogens with one attached hydrogen (secondary N) is 1. The second-order valence-corrected chi connectivity index (χ2v) is 10.2. The summed E-state index contributed by atoms with van der Waals surface area (Å²) in [4.78, 5) is 17.1. The Bertz CT molecular complexity index is 1490. The summed E-state index contributed by atoms with van der Waals surface area (Å²) in [6, 6.07) is 16.2. The van der Waals surface area contributed by atoms with Crippen LogP contribution in [0.4, 0.5) is 0 Å². The summed E-state index contributed by atoms with van der Waals surface area (Å²) in [5.74, 6) is 0.321. The first-order chi connectivity index (χ1) is 17.2. The van der Waals surface area contributed by atoms with Crippen molar-refractivity contribution >= 4 is 39.8 Å². The van der Waals surface area contributed by atoms with Gasteiger partial charge in [-0.25, -0.2) is 0 Å². The molecule has 3 heterocycles. The lowest BCUT2D eigenvalue weighted by atomic mass is 10.1. The number of hydrogen-bond acceptors (Lipinski definition) is 5. The Balaban J connectivity index is 1.41. The van der Waals surface area contributed by atoms with Crippen LogP contribution in [0.2, 0.25) is 0 Å². The van der Waals surface area contributed by atoms with E-state index in [2.05, 4.69) is 46.7 Å². The highest BCUT2D eigenvalue weighted by Crippen LogP contribution is 2.30. The molecular weight excluding hydrogens is 470 g/mol. The lowest BCUT2D eigenvalue weighted by molar-refractivity contribution is -0.114. The van der Waals surface area contributed by atoms with Gasteiger partial charge in [-0.05, 0) is 105 Å². The van der Waals surface area contributed by atoms with Gasteiger partial charge in [-0.2, -0.15) is 15.1 Å². The fourth-order valence-electron chi connectivity index (χ4n) is 4.51. The van der Waals surface area contributed by atoms with Crippen LogP contribution < -0.4 is 4.74 Å². The van der Waals surface area contributed by atoms with Crippen molar-refractivity contribution in [2.75, 3.05) is 6.61 Å². The molecule has 0 fully saturated rings. The molecule has 5 rings (SSSR count). The molecule has 0 aliphatic carbocycles. The molecule has 3 aromatic rings. The molecule has 1 aromatic heterocycles. The summed E-state index contributed by atoms with van der Waals surface area (Å²) in [5, 5.41) is 15.6. The second-order valence-electron chi connectivity index (χ2n) is 9.13. The number of rotatable bonds is 5. The first-order valence-electron chi connectivity index (χ1n) is 11.7. The molecule has 0 atom stereocenters. The van der Waals surface area contributed by atoms with Crippen molar-refractivity contribution in [3.8, 4) is 11.4 Å². The SMILES string of the molecule is Cc1cccc(OCC2=NN3C(=N)C(=Cc4cc(C)n(-c5cc(C)cc(C)c5)c4C)C(=O)N=C3S2)c1. The fourth-order valence-corrected chi connectivity index (χ4v) is 5.30. The van der Waals surface area contributed by atoms with Crippen LogP contribution in [0.25, 0.3) is 11.8 Å². The average Bonchev–Trinajstić information content (AvgIpc) is 3.34. The average molecular weight is 498 g/mol. The molecule has 0 saturated heterocycles. The maximum absolute atomic E-state index is 12.9. The molecule has 0 spiro atoms. The smallest absolute Gasteiger partial charge is 0.283 e. The summed E-state index contributed by atoms with van der Waals surface area (Å²) < 4.78 is 8.02. The van der Waals surface area contributed by atoms with Gasteiger partial charge < -0.3 is 9.30 Å². The lowest BCUT2D eigenvalue weighted by Crippen LogP contribution is -2.35. The number of ether oxygens (including phenoxy) is 1. The fraction of sp³-hybridized carbons (Fsp3) is 0.214. The molecule has 1 N–H and O–H groups in total. The first kappa shape index (κ1) is 23.8. The molecule has 0 bridgehead atoms. The van der Waals surface area contributed by atoms with E-state index in [0.717, 1.165) is 34.0 Å². The minimum absolute atomic E-state index is 0.0132. The molecule has 2 aliphatic heterocycles. The van der Waals surface area contributed by atoms with Gasteiger partial charge in [-0.3, -0.25) is 10.2 Å². The van der Waals surface area contributed by atoms with Crippen molar-refractivity contribution in [3.63, 3.8) is 0 Å². The van der Waals surface area contributed by atoms with Gasteiger partial charge in [-0.15, -0.1) is 0 Å². The van der Waals surface area contributed by atoms with Gasteiger partial charge in [0.15, 0.2) is 5.84 Å². The normalized spacial score (nSPS) is 16.4. The predicted molar refractivity (Wildman–Crippen MR) is 146 cm³/mol. The minimum atomic E-state index is -0.439. The predicted octanol–water partition coefficient (Wildman–Crippen LogP) is 5.72. The highest BCUT2D eigenvalue weighted by atomic mass is 32.2. The Morgan fingerprint density at radius 3 is 2.47 bits per heavy atom. The number of aryl methyl sites for hydroxylation is 4. The quantitative estimate of drug-likeness (QED) is 0.457. The van der Waals surface area contributed by atoms with Crippen molar-refractivity contribution in [2.24, 2.45) is 10.1 Å². The molecule has 8 heteroatoms. The highest BCUT2D eigenvalue weighted by Gasteiger charge is 2.36. The van der Waals surface area contributed by atoms with E-state index in [1.165, 1.54) is 27.9 Å². The third kappa shape index (κ3) is 4.52. The zero-order chi connectivity index (χ0) is 25.6. The van der Waals surface area contributed by atoms with E-state index in [0.29, 0.717) is 10.2 Å². The van der Waals surface area contributed by atoms with Gasteiger partial charge in [0.05, 0.1) is 5.57 Å². The van der Waals surface area contributed by atoms with Crippen LogP contribution in [0, 0.1) is 40.0 Å². The van der Waals surface area contributed by atoms with Gasteiger partial charge in [0.25, 0.3) is 5.91 Å². The van der Waals surface area contributed by atoms with Gasteiger partial charge in [0.2, 0.25) is 5.17 Å². The van der Waals surface area contributed by atoms with E-state index in [1.54, 1.807) is 6.08 Å². The number of fused-ring (bicyclic) bond motifs is 1. The standard InChI is InChI=1S/C28H27N5O2S/c1-16-7-6-8-23(12-16)35-15-25-31-33-26(29)24(27(34)30-28(33)36-25)14-21-13-19(4)32(20(21)5)22-10-17(2)9-18(3)11-22/h6-14,29H,15H2,1-5H3. The zero-order valence-electron chi connectivity index (χ0n) is 20.9. The molecule has 0 unspecified atom stereocenters. The molecule has 2 aliphatic rings. The van der Waals surface area contributed by atoms with E-state index in [9.17, 15) is 4.79 Å². The van der Waals surface area contributed by atoms with Crippen molar-refractivity contribution in [1.82, 2.24) is 9.58 Å². The van der Waals surface area contributed by atoms with Crippen LogP contribution in [-0.2, 0) is 4.79 Å². The molecule has 182 valence electrons. The molecular formula is C28H27N5O2S. The number of aromatic nitrogens is 1. The molecule has 0 saturated carbocycles. The van der Waals surface area contributed by atoms with E-state index < -0.39 is 5.91 Å². The first-order valence-corrected chi connectivity index (χ1v) is 12.5. The summed E-state index contributed by atoms with van der Waals surface area (Å²) >= 11 is 1.25. The van der Waals surface area contributed by atoms with Gasteiger partial charge in [0.1, 0.15) is 17.4 Å². The Morgan fingerprint density at radius 1 is 1.00 bits per heavy atom. The van der Waals surface area contributed by atoms with E-state index >= 15 is 0 Å². The van der Waals surface area contributed by atoms with Crippen LogP contribution in [0.15, 0.2) is 64.2 Å². The Labute approximate surface area is 214 Å². The number of carbonyl (C=O) groups is 1. The molecule has 7 nitrogen and oxygen atoms in total. The number of nitrogens with zero attached hydrogens (tertiary/aromatic N) is 4. The minimum Gasteiger partial charge on any atom is -0.487 e. The van der Waals surface area contributed by atoms with Crippen molar-refractivity contribution in [2.45, 2.75) is 34.6 Å². The number of aliphatic imine (C=N–C) groups is 1.